The number of aromatic hydroxyl groups is 1. The summed E-state index contributed by atoms with van der Waals surface area (Å²) >= 11 is 0. The normalized spacial score (nSPS) is 21.2. The third kappa shape index (κ3) is 24.3. The van der Waals surface area contributed by atoms with Gasteiger partial charge in [0.2, 0.25) is 82.7 Å². The molecule has 14 amide bonds. The fourth-order valence-corrected chi connectivity index (χ4v) is 10.9. The molecule has 3 unspecified atom stereocenters. The Balaban J connectivity index is 1.81. The lowest BCUT2D eigenvalue weighted by atomic mass is 10.0. The zero-order valence-corrected chi connectivity index (χ0v) is 48.0. The molecule has 2 aromatic carbocycles. The highest BCUT2D eigenvalue weighted by Gasteiger charge is 2.41. The van der Waals surface area contributed by atoms with E-state index >= 15 is 0 Å². The molecule has 2 heterocycles. The molecule has 0 bridgehead atoms. The quantitative estimate of drug-likeness (QED) is 0.0324. The Labute approximate surface area is 496 Å². The first-order valence-electron chi connectivity index (χ1n) is 27.0. The lowest BCUT2D eigenvalue weighted by molar-refractivity contribution is -0.142. The second kappa shape index (κ2) is 35.5. The standard InChI is InChI=1S/C52H74N16O15S2/c53-17-5-4-9-31(45(76)60-23-41(57)72)63-51(82)38-10-6-18-68(38)52(83)37-27-85-84-26-36(61-44(75)25-59-43(74)24-58-42(73)22-54)50(81)65-34(20-29-11-13-30(69)14-12-29)48(79)64-33(19-28-7-2-1-3-8-28)47(78)62-32(15-16-39(55)70)46(77)66-35(21-40(56)71)49(80)67-37/h1-3,7-8,11-14,31-38,69H,4-6,9-10,15-27,53-54H2,(H2,55,70)(H2,56,71)(H2,57,72)(H,58,73)(H,59,74)(H,60,76)(H,61,75)(H,62,78)(H,63,82)(H,64,79)(H,65,81)(H,66,77)(H,67,80)/t31-,32-,33-,34?,35?,36-,37?,38-/m0/s1. The molecule has 2 aliphatic heterocycles. The molecule has 21 N–H and O–H groups in total. The summed E-state index contributed by atoms with van der Waals surface area (Å²) < 4.78 is 0. The molecular formula is C52H74N16O15S2. The number of unbranched alkanes of at least 4 members (excludes halogenated alkanes) is 1. The molecule has 0 radical (unpaired) electrons. The Kier molecular flexibility index (Phi) is 28.8. The fourth-order valence-electron chi connectivity index (χ4n) is 8.62. The molecule has 2 aromatic rings. The SMILES string of the molecule is NCCCC[C@H](NC(=O)[C@@H]1CCCN1C(=O)C1CSSC[C@H](NC(=O)CNC(=O)CNC(=O)CN)C(=O)NC(Cc2ccc(O)cc2)C(=O)N[C@@H](Cc2ccccc2)C(=O)N[C@@H](CCC(N)=O)C(=O)NC(CC(N)=O)C(=O)N1)C(=O)NCC(N)=O. The van der Waals surface area contributed by atoms with Crippen molar-refractivity contribution in [1.82, 2.24) is 58.1 Å². The van der Waals surface area contributed by atoms with Crippen LogP contribution in [0.5, 0.6) is 5.75 Å². The van der Waals surface area contributed by atoms with Gasteiger partial charge in [0.05, 0.1) is 32.6 Å². The number of phenolic OH excluding ortho intramolecular Hbond substituents is 1. The van der Waals surface area contributed by atoms with Gasteiger partial charge in [-0.15, -0.1) is 0 Å². The van der Waals surface area contributed by atoms with Crippen molar-refractivity contribution >= 4 is 104 Å². The summed E-state index contributed by atoms with van der Waals surface area (Å²) in [6.07, 6.45) is -1.13. The molecule has 85 heavy (non-hydrogen) atoms. The molecule has 0 aromatic heterocycles. The van der Waals surface area contributed by atoms with Gasteiger partial charge in [-0.2, -0.15) is 0 Å². The summed E-state index contributed by atoms with van der Waals surface area (Å²) in [5.74, 6) is -13.8. The Morgan fingerprint density at radius 3 is 1.82 bits per heavy atom. The van der Waals surface area contributed by atoms with Crippen molar-refractivity contribution in [3.05, 3.63) is 65.7 Å². The van der Waals surface area contributed by atoms with E-state index in [1.54, 1.807) is 30.3 Å². The summed E-state index contributed by atoms with van der Waals surface area (Å²) in [6.45, 7) is -2.01. The van der Waals surface area contributed by atoms with Crippen LogP contribution in [0, 0.1) is 0 Å². The third-order valence-electron chi connectivity index (χ3n) is 13.0. The van der Waals surface area contributed by atoms with Crippen LogP contribution in [0.1, 0.15) is 62.5 Å². The van der Waals surface area contributed by atoms with Gasteiger partial charge in [-0.25, -0.2) is 0 Å². The van der Waals surface area contributed by atoms with E-state index in [4.69, 9.17) is 28.7 Å². The van der Waals surface area contributed by atoms with Crippen LogP contribution in [0.3, 0.4) is 0 Å². The number of carbonyl (C=O) groups is 14. The Morgan fingerprint density at radius 2 is 1.20 bits per heavy atom. The second-order valence-corrected chi connectivity index (χ2v) is 22.3. The van der Waals surface area contributed by atoms with Crippen molar-refractivity contribution in [3.63, 3.8) is 0 Å². The molecule has 0 spiro atoms. The van der Waals surface area contributed by atoms with Crippen LogP contribution in [-0.4, -0.2) is 192 Å². The molecule has 2 saturated heterocycles. The Bertz CT molecular complexity index is 2730. The number of phenols is 1. The van der Waals surface area contributed by atoms with Gasteiger partial charge >= 0.3 is 0 Å². The summed E-state index contributed by atoms with van der Waals surface area (Å²) in [4.78, 5) is 190. The van der Waals surface area contributed by atoms with Crippen molar-refractivity contribution in [2.75, 3.05) is 50.8 Å². The largest absolute Gasteiger partial charge is 0.508 e. The maximum absolute atomic E-state index is 14.8. The number of nitrogens with two attached hydrogens (primary N) is 5. The van der Waals surface area contributed by atoms with Gasteiger partial charge in [0.15, 0.2) is 0 Å². The van der Waals surface area contributed by atoms with E-state index in [2.05, 4.69) is 53.2 Å². The zero-order valence-electron chi connectivity index (χ0n) is 46.4. The van der Waals surface area contributed by atoms with Gasteiger partial charge in [-0.05, 0) is 68.3 Å². The second-order valence-electron chi connectivity index (χ2n) is 19.7. The first-order valence-corrected chi connectivity index (χ1v) is 29.5. The lowest BCUT2D eigenvalue weighted by Crippen LogP contribution is -2.61. The average molecular weight is 1230 g/mol. The van der Waals surface area contributed by atoms with Crippen molar-refractivity contribution in [3.8, 4) is 5.75 Å². The predicted octanol–water partition coefficient (Wildman–Crippen LogP) is -6.98. The number of rotatable bonds is 25. The van der Waals surface area contributed by atoms with Gasteiger partial charge in [-0.1, -0.05) is 64.1 Å². The van der Waals surface area contributed by atoms with Crippen molar-refractivity contribution in [2.45, 2.75) is 113 Å². The van der Waals surface area contributed by atoms with Crippen molar-refractivity contribution in [2.24, 2.45) is 28.7 Å². The number of carbonyl (C=O) groups excluding carboxylic acids is 14. The maximum Gasteiger partial charge on any atom is 0.246 e. The smallest absolute Gasteiger partial charge is 0.246 e. The minimum absolute atomic E-state index is 0.0517. The van der Waals surface area contributed by atoms with E-state index in [1.165, 1.54) is 24.3 Å². The summed E-state index contributed by atoms with van der Waals surface area (Å²) in [6, 6.07) is 1.48. The lowest BCUT2D eigenvalue weighted by Gasteiger charge is -2.31. The van der Waals surface area contributed by atoms with Crippen LogP contribution in [0.15, 0.2) is 54.6 Å². The van der Waals surface area contributed by atoms with E-state index < -0.39 is 182 Å². The van der Waals surface area contributed by atoms with Crippen LogP contribution >= 0.6 is 21.6 Å². The van der Waals surface area contributed by atoms with Crippen LogP contribution < -0.4 is 81.8 Å². The third-order valence-corrected chi connectivity index (χ3v) is 15.4. The molecule has 0 aliphatic carbocycles. The van der Waals surface area contributed by atoms with Crippen LogP contribution in [0.2, 0.25) is 0 Å². The minimum atomic E-state index is -1.87. The number of nitrogens with zero attached hydrogens (tertiary/aromatic N) is 1. The van der Waals surface area contributed by atoms with Gasteiger partial charge in [0.1, 0.15) is 54.1 Å². The summed E-state index contributed by atoms with van der Waals surface area (Å²) in [5, 5.41) is 34.8. The van der Waals surface area contributed by atoms with Crippen LogP contribution in [-0.2, 0) is 80.0 Å². The molecular weight excluding hydrogens is 1150 g/mol. The molecule has 2 aliphatic rings. The zero-order chi connectivity index (χ0) is 62.6. The van der Waals surface area contributed by atoms with Crippen LogP contribution in [0.4, 0.5) is 0 Å². The number of benzene rings is 2. The molecule has 31 nitrogen and oxygen atoms in total. The number of primary amides is 3. The fraction of sp³-hybridized carbons (Fsp3) is 0.500. The average Bonchev–Trinajstić information content (AvgIpc) is 4.23. The van der Waals surface area contributed by atoms with E-state index in [-0.39, 0.29) is 56.7 Å². The van der Waals surface area contributed by atoms with Gasteiger partial charge in [-0.3, -0.25) is 67.1 Å². The first kappa shape index (κ1) is 68.9. The van der Waals surface area contributed by atoms with E-state index in [0.717, 1.165) is 26.5 Å². The van der Waals surface area contributed by atoms with Gasteiger partial charge < -0.3 is 91.8 Å². The molecule has 4 rings (SSSR count). The number of hydrogen-bond donors (Lipinski definition) is 16. The molecule has 0 saturated carbocycles. The Morgan fingerprint density at radius 1 is 0.624 bits per heavy atom. The molecule has 464 valence electrons. The number of nitrogens with one attached hydrogen (secondary N) is 10. The Hall–Kier alpha value is -8.56. The van der Waals surface area contributed by atoms with Crippen molar-refractivity contribution < 1.29 is 72.2 Å². The highest BCUT2D eigenvalue weighted by Crippen LogP contribution is 2.26. The number of likely N-dealkylation sites (tertiary alicyclic amines) is 1. The maximum atomic E-state index is 14.8. The van der Waals surface area contributed by atoms with Crippen molar-refractivity contribution in [1.29, 1.82) is 0 Å². The minimum Gasteiger partial charge on any atom is -0.508 e. The van der Waals surface area contributed by atoms with Crippen LogP contribution in [0.25, 0.3) is 0 Å². The highest BCUT2D eigenvalue weighted by molar-refractivity contribution is 8.76. The van der Waals surface area contributed by atoms with E-state index in [0.29, 0.717) is 24.0 Å². The number of hydrogen-bond acceptors (Lipinski definition) is 19. The molecule has 8 atom stereocenters. The summed E-state index contributed by atoms with van der Waals surface area (Å²) in [5.41, 5.74) is 28.1. The molecule has 2 fully saturated rings. The predicted molar refractivity (Wildman–Crippen MR) is 308 cm³/mol. The van der Waals surface area contributed by atoms with Gasteiger partial charge in [0.25, 0.3) is 0 Å². The number of amides is 14. The van der Waals surface area contributed by atoms with E-state index in [9.17, 15) is 72.2 Å². The topological polar surface area (TPSA) is 513 Å². The van der Waals surface area contributed by atoms with E-state index in [1.807, 2.05) is 0 Å². The monoisotopic (exact) mass is 1230 g/mol. The summed E-state index contributed by atoms with van der Waals surface area (Å²) in [7, 11) is 1.73. The highest BCUT2D eigenvalue weighted by atomic mass is 33.1. The van der Waals surface area contributed by atoms with Gasteiger partial charge in [0, 0.05) is 37.3 Å². The molecule has 33 heteroatoms. The first-order chi connectivity index (χ1) is 40.5.